The summed E-state index contributed by atoms with van der Waals surface area (Å²) in [5, 5.41) is 11.1. The zero-order valence-corrected chi connectivity index (χ0v) is 9.03. The maximum absolute atomic E-state index is 11.6. The molecule has 0 unspecified atom stereocenters. The normalized spacial score (nSPS) is 14.7. The predicted molar refractivity (Wildman–Crippen MR) is 55.7 cm³/mol. The molecular weight excluding hydrogens is 196 g/mol. The lowest BCUT2D eigenvalue weighted by atomic mass is 10.3. The Kier molecular flexibility index (Phi) is 4.39. The number of amides is 2. The summed E-state index contributed by atoms with van der Waals surface area (Å²) in [7, 11) is 0. The Morgan fingerprint density at radius 1 is 1.47 bits per heavy atom. The number of nitrogens with zero attached hydrogens (tertiary/aromatic N) is 1. The highest BCUT2D eigenvalue weighted by Gasteiger charge is 2.30. The van der Waals surface area contributed by atoms with Gasteiger partial charge >= 0.3 is 12.0 Å². The van der Waals surface area contributed by atoms with Gasteiger partial charge in [0.2, 0.25) is 0 Å². The Hall–Kier alpha value is -1.26. The van der Waals surface area contributed by atoms with Gasteiger partial charge < -0.3 is 15.3 Å². The highest BCUT2D eigenvalue weighted by Crippen LogP contribution is 2.26. The molecular formula is C10H18N2O3. The maximum atomic E-state index is 11.6. The van der Waals surface area contributed by atoms with Gasteiger partial charge in [-0.2, -0.15) is 0 Å². The SMILES string of the molecule is CCN(C(=O)NCCCC(=O)O)C1CC1. The lowest BCUT2D eigenvalue weighted by Crippen LogP contribution is -2.41. The number of rotatable bonds is 6. The van der Waals surface area contributed by atoms with E-state index in [0.29, 0.717) is 19.0 Å². The van der Waals surface area contributed by atoms with E-state index in [-0.39, 0.29) is 12.5 Å². The standard InChI is InChI=1S/C10H18N2O3/c1-2-12(8-5-6-8)10(15)11-7-3-4-9(13)14/h8H,2-7H2,1H3,(H,11,15)(H,13,14). The molecule has 2 amide bonds. The van der Waals surface area contributed by atoms with Crippen molar-refractivity contribution >= 4 is 12.0 Å². The van der Waals surface area contributed by atoms with Crippen molar-refractivity contribution in [2.24, 2.45) is 0 Å². The van der Waals surface area contributed by atoms with Crippen LogP contribution in [0.1, 0.15) is 32.6 Å². The zero-order chi connectivity index (χ0) is 11.3. The van der Waals surface area contributed by atoms with Gasteiger partial charge in [0.1, 0.15) is 0 Å². The Balaban J connectivity index is 2.13. The van der Waals surface area contributed by atoms with E-state index in [0.717, 1.165) is 19.4 Å². The van der Waals surface area contributed by atoms with Gasteiger partial charge in [0.05, 0.1) is 0 Å². The molecule has 0 aromatic carbocycles. The molecule has 1 aliphatic carbocycles. The number of carboxylic acids is 1. The molecule has 2 N–H and O–H groups in total. The average molecular weight is 214 g/mol. The molecule has 1 fully saturated rings. The molecule has 1 aliphatic rings. The van der Waals surface area contributed by atoms with Crippen LogP contribution in [0, 0.1) is 0 Å². The second-order valence-corrected chi connectivity index (χ2v) is 3.75. The lowest BCUT2D eigenvalue weighted by molar-refractivity contribution is -0.137. The lowest BCUT2D eigenvalue weighted by Gasteiger charge is -2.20. The third-order valence-electron chi connectivity index (χ3n) is 2.43. The van der Waals surface area contributed by atoms with E-state index in [1.807, 2.05) is 6.92 Å². The first-order valence-electron chi connectivity index (χ1n) is 5.41. The van der Waals surface area contributed by atoms with Gasteiger partial charge in [0.15, 0.2) is 0 Å². The molecule has 0 heterocycles. The van der Waals surface area contributed by atoms with Crippen molar-refractivity contribution < 1.29 is 14.7 Å². The third kappa shape index (κ3) is 4.18. The van der Waals surface area contributed by atoms with Gasteiger partial charge in [0.25, 0.3) is 0 Å². The Morgan fingerprint density at radius 3 is 2.60 bits per heavy atom. The fourth-order valence-electron chi connectivity index (χ4n) is 1.49. The van der Waals surface area contributed by atoms with Crippen molar-refractivity contribution in [1.82, 2.24) is 10.2 Å². The van der Waals surface area contributed by atoms with E-state index >= 15 is 0 Å². The minimum atomic E-state index is -0.821. The number of nitrogens with one attached hydrogen (secondary N) is 1. The average Bonchev–Trinajstić information content (AvgIpc) is 2.97. The number of carboxylic acid groups (broad SMARTS) is 1. The summed E-state index contributed by atoms with van der Waals surface area (Å²) in [6.07, 6.45) is 2.78. The van der Waals surface area contributed by atoms with Crippen molar-refractivity contribution in [3.8, 4) is 0 Å². The molecule has 1 saturated carbocycles. The van der Waals surface area contributed by atoms with Crippen LogP contribution in [-0.2, 0) is 4.79 Å². The predicted octanol–water partition coefficient (Wildman–Crippen LogP) is 1.05. The second kappa shape index (κ2) is 5.58. The maximum Gasteiger partial charge on any atom is 0.317 e. The second-order valence-electron chi connectivity index (χ2n) is 3.75. The molecule has 0 bridgehead atoms. The Labute approximate surface area is 89.4 Å². The van der Waals surface area contributed by atoms with Crippen LogP contribution in [0.4, 0.5) is 4.79 Å². The van der Waals surface area contributed by atoms with E-state index in [1.54, 1.807) is 4.90 Å². The molecule has 0 aromatic heterocycles. The van der Waals surface area contributed by atoms with Crippen LogP contribution in [0.2, 0.25) is 0 Å². The molecule has 0 radical (unpaired) electrons. The molecule has 15 heavy (non-hydrogen) atoms. The van der Waals surface area contributed by atoms with E-state index in [9.17, 15) is 9.59 Å². The largest absolute Gasteiger partial charge is 0.481 e. The van der Waals surface area contributed by atoms with Crippen LogP contribution < -0.4 is 5.32 Å². The summed E-state index contributed by atoms with van der Waals surface area (Å²) in [4.78, 5) is 23.6. The molecule has 0 atom stereocenters. The van der Waals surface area contributed by atoms with E-state index in [2.05, 4.69) is 5.32 Å². The number of aliphatic carboxylic acids is 1. The molecule has 0 aliphatic heterocycles. The Bertz CT molecular complexity index is 239. The highest BCUT2D eigenvalue weighted by molar-refractivity contribution is 5.75. The van der Waals surface area contributed by atoms with Gasteiger partial charge in [-0.15, -0.1) is 0 Å². The van der Waals surface area contributed by atoms with Gasteiger partial charge in [-0.1, -0.05) is 0 Å². The van der Waals surface area contributed by atoms with E-state index < -0.39 is 5.97 Å². The minimum Gasteiger partial charge on any atom is -0.481 e. The number of carbonyl (C=O) groups excluding carboxylic acids is 1. The molecule has 0 saturated heterocycles. The molecule has 0 spiro atoms. The summed E-state index contributed by atoms with van der Waals surface area (Å²) in [5.74, 6) is -0.821. The quantitative estimate of drug-likeness (QED) is 0.649. The fraction of sp³-hybridized carbons (Fsp3) is 0.800. The fourth-order valence-corrected chi connectivity index (χ4v) is 1.49. The summed E-state index contributed by atoms with van der Waals surface area (Å²) < 4.78 is 0. The summed E-state index contributed by atoms with van der Waals surface area (Å²) in [6, 6.07) is 0.347. The van der Waals surface area contributed by atoms with Crippen LogP contribution >= 0.6 is 0 Å². The number of hydrogen-bond donors (Lipinski definition) is 2. The van der Waals surface area contributed by atoms with Crippen molar-refractivity contribution in [3.05, 3.63) is 0 Å². The monoisotopic (exact) mass is 214 g/mol. The summed E-state index contributed by atoms with van der Waals surface area (Å²) in [6.45, 7) is 3.11. The number of hydrogen-bond acceptors (Lipinski definition) is 2. The third-order valence-corrected chi connectivity index (χ3v) is 2.43. The van der Waals surface area contributed by atoms with Gasteiger partial charge in [-0.3, -0.25) is 4.79 Å². The first-order valence-corrected chi connectivity index (χ1v) is 5.41. The highest BCUT2D eigenvalue weighted by atomic mass is 16.4. The molecule has 86 valence electrons. The van der Waals surface area contributed by atoms with Crippen LogP contribution in [0.15, 0.2) is 0 Å². The van der Waals surface area contributed by atoms with Gasteiger partial charge in [0, 0.05) is 25.6 Å². The number of urea groups is 1. The van der Waals surface area contributed by atoms with Crippen LogP contribution in [0.5, 0.6) is 0 Å². The van der Waals surface area contributed by atoms with Gasteiger partial charge in [-0.25, -0.2) is 4.79 Å². The van der Waals surface area contributed by atoms with Crippen molar-refractivity contribution in [3.63, 3.8) is 0 Å². The van der Waals surface area contributed by atoms with E-state index in [1.165, 1.54) is 0 Å². The molecule has 5 nitrogen and oxygen atoms in total. The minimum absolute atomic E-state index is 0.0645. The molecule has 5 heteroatoms. The summed E-state index contributed by atoms with van der Waals surface area (Å²) in [5.41, 5.74) is 0. The van der Waals surface area contributed by atoms with Gasteiger partial charge in [-0.05, 0) is 26.2 Å². The zero-order valence-electron chi connectivity index (χ0n) is 9.03. The van der Waals surface area contributed by atoms with Crippen molar-refractivity contribution in [1.29, 1.82) is 0 Å². The topological polar surface area (TPSA) is 69.6 Å². The summed E-state index contributed by atoms with van der Waals surface area (Å²) >= 11 is 0. The number of carbonyl (C=O) groups is 2. The van der Waals surface area contributed by atoms with Crippen molar-refractivity contribution in [2.75, 3.05) is 13.1 Å². The molecule has 1 rings (SSSR count). The van der Waals surface area contributed by atoms with Crippen molar-refractivity contribution in [2.45, 2.75) is 38.6 Å². The first kappa shape index (κ1) is 11.8. The van der Waals surface area contributed by atoms with Crippen LogP contribution in [-0.4, -0.2) is 41.1 Å². The smallest absolute Gasteiger partial charge is 0.317 e. The van der Waals surface area contributed by atoms with Crippen LogP contribution in [0.25, 0.3) is 0 Å². The Morgan fingerprint density at radius 2 is 2.13 bits per heavy atom. The van der Waals surface area contributed by atoms with Crippen LogP contribution in [0.3, 0.4) is 0 Å². The first-order chi connectivity index (χ1) is 7.15. The van der Waals surface area contributed by atoms with E-state index in [4.69, 9.17) is 5.11 Å². The molecule has 0 aromatic rings.